The second-order valence-electron chi connectivity index (χ2n) is 7.11. The van der Waals surface area contributed by atoms with E-state index in [1.807, 2.05) is 12.2 Å². The Kier molecular flexibility index (Phi) is 8.31. The molecule has 2 rings (SSSR count). The van der Waals surface area contributed by atoms with Crippen molar-refractivity contribution in [3.8, 4) is 0 Å². The number of ether oxygens (including phenoxy) is 1. The Morgan fingerprint density at radius 2 is 1.92 bits per heavy atom. The highest BCUT2D eigenvalue weighted by Crippen LogP contribution is 2.44. The lowest BCUT2D eigenvalue weighted by Gasteiger charge is -1.96. The zero-order valence-corrected chi connectivity index (χ0v) is 14.9. The molecule has 0 aromatic rings. The van der Waals surface area contributed by atoms with Crippen molar-refractivity contribution in [1.29, 1.82) is 0 Å². The fraction of sp³-hybridized carbons (Fsp3) is 0.667. The Hall–Kier alpha value is -1.35. The highest BCUT2D eigenvalue weighted by Gasteiger charge is 2.35. The predicted molar refractivity (Wildman–Crippen MR) is 97.9 cm³/mol. The van der Waals surface area contributed by atoms with Gasteiger partial charge in [-0.15, -0.1) is 0 Å². The maximum atomic E-state index is 10.4. The Bertz CT molecular complexity index is 464. The second kappa shape index (κ2) is 10.5. The van der Waals surface area contributed by atoms with E-state index in [2.05, 4.69) is 31.2 Å². The standard InChI is InChI=1S/C21H32O3/c1-2-3-7-11-17-16-18(17)12-8-5-4-6-9-13-19-20(24-19)14-10-15-21(22)23/h4-6,8-9,13,17-20H,2-3,7,10-12,14-16H2,1H3,(H,22,23). The summed E-state index contributed by atoms with van der Waals surface area (Å²) in [6, 6.07) is 0. The minimum Gasteiger partial charge on any atom is -0.481 e. The molecule has 1 aliphatic heterocycles. The summed E-state index contributed by atoms with van der Waals surface area (Å²) in [5.41, 5.74) is 0. The number of rotatable bonds is 13. The summed E-state index contributed by atoms with van der Waals surface area (Å²) in [4.78, 5) is 10.4. The van der Waals surface area contributed by atoms with E-state index in [0.717, 1.165) is 18.3 Å². The lowest BCUT2D eigenvalue weighted by atomic mass is 10.1. The number of allylic oxidation sites excluding steroid dienone is 5. The molecule has 24 heavy (non-hydrogen) atoms. The lowest BCUT2D eigenvalue weighted by Crippen LogP contribution is -1.97. The van der Waals surface area contributed by atoms with Crippen LogP contribution in [0.25, 0.3) is 0 Å². The molecule has 0 radical (unpaired) electrons. The molecule has 134 valence electrons. The van der Waals surface area contributed by atoms with Crippen molar-refractivity contribution in [2.45, 2.75) is 76.9 Å². The Morgan fingerprint density at radius 3 is 2.71 bits per heavy atom. The summed E-state index contributed by atoms with van der Waals surface area (Å²) in [6.07, 6.45) is 23.0. The molecule has 2 aliphatic rings. The smallest absolute Gasteiger partial charge is 0.303 e. The molecule has 1 saturated heterocycles. The van der Waals surface area contributed by atoms with Crippen LogP contribution < -0.4 is 0 Å². The molecule has 3 heteroatoms. The van der Waals surface area contributed by atoms with Gasteiger partial charge in [-0.2, -0.15) is 0 Å². The van der Waals surface area contributed by atoms with Gasteiger partial charge >= 0.3 is 5.97 Å². The third-order valence-corrected chi connectivity index (χ3v) is 4.96. The molecule has 1 N–H and O–H groups in total. The van der Waals surface area contributed by atoms with Crippen molar-refractivity contribution in [3.63, 3.8) is 0 Å². The van der Waals surface area contributed by atoms with Crippen molar-refractivity contribution >= 4 is 5.97 Å². The van der Waals surface area contributed by atoms with E-state index < -0.39 is 5.97 Å². The van der Waals surface area contributed by atoms with Crippen LogP contribution in [0.3, 0.4) is 0 Å². The summed E-state index contributed by atoms with van der Waals surface area (Å²) in [5, 5.41) is 8.59. The van der Waals surface area contributed by atoms with E-state index in [1.54, 1.807) is 0 Å². The highest BCUT2D eigenvalue weighted by molar-refractivity contribution is 5.66. The summed E-state index contributed by atoms with van der Waals surface area (Å²) in [6.45, 7) is 2.27. The normalized spacial score (nSPS) is 29.0. The van der Waals surface area contributed by atoms with Gasteiger partial charge in [0.15, 0.2) is 0 Å². The zero-order valence-electron chi connectivity index (χ0n) is 14.9. The van der Waals surface area contributed by atoms with Gasteiger partial charge in [0.05, 0.1) is 6.10 Å². The van der Waals surface area contributed by atoms with Gasteiger partial charge in [-0.3, -0.25) is 4.79 Å². The van der Waals surface area contributed by atoms with Gasteiger partial charge in [-0.05, 0) is 37.5 Å². The van der Waals surface area contributed by atoms with E-state index in [-0.39, 0.29) is 18.6 Å². The molecule has 4 unspecified atom stereocenters. The number of carboxylic acids is 1. The first-order valence-corrected chi connectivity index (χ1v) is 9.58. The summed E-state index contributed by atoms with van der Waals surface area (Å²) < 4.78 is 5.49. The molecule has 0 bridgehead atoms. The van der Waals surface area contributed by atoms with Gasteiger partial charge < -0.3 is 9.84 Å². The fourth-order valence-electron chi connectivity index (χ4n) is 3.26. The number of hydrogen-bond acceptors (Lipinski definition) is 2. The molecule has 1 aliphatic carbocycles. The number of epoxide rings is 1. The third kappa shape index (κ3) is 7.96. The highest BCUT2D eigenvalue weighted by atomic mass is 16.6. The summed E-state index contributed by atoms with van der Waals surface area (Å²) >= 11 is 0. The molecule has 0 aromatic heterocycles. The minimum atomic E-state index is -0.726. The van der Waals surface area contributed by atoms with Crippen LogP contribution in [-0.4, -0.2) is 23.3 Å². The number of unbranched alkanes of at least 4 members (excludes halogenated alkanes) is 2. The van der Waals surface area contributed by atoms with Crippen LogP contribution >= 0.6 is 0 Å². The van der Waals surface area contributed by atoms with Gasteiger partial charge in [-0.1, -0.05) is 69.1 Å². The van der Waals surface area contributed by atoms with Crippen LogP contribution in [0.2, 0.25) is 0 Å². The monoisotopic (exact) mass is 332 g/mol. The number of aliphatic carboxylic acids is 1. The number of carboxylic acid groups (broad SMARTS) is 1. The molecule has 0 spiro atoms. The Morgan fingerprint density at radius 1 is 1.08 bits per heavy atom. The molecule has 1 heterocycles. The van der Waals surface area contributed by atoms with Crippen LogP contribution in [0.15, 0.2) is 36.5 Å². The van der Waals surface area contributed by atoms with Gasteiger partial charge in [0, 0.05) is 6.42 Å². The van der Waals surface area contributed by atoms with Crippen LogP contribution in [0.1, 0.15) is 64.7 Å². The van der Waals surface area contributed by atoms with Crippen LogP contribution in [0.4, 0.5) is 0 Å². The van der Waals surface area contributed by atoms with Crippen LogP contribution in [-0.2, 0) is 9.53 Å². The van der Waals surface area contributed by atoms with Crippen LogP contribution in [0, 0.1) is 11.8 Å². The molecule has 3 nitrogen and oxygen atoms in total. The Labute approximate surface area is 146 Å². The third-order valence-electron chi connectivity index (χ3n) is 4.96. The van der Waals surface area contributed by atoms with Crippen LogP contribution in [0.5, 0.6) is 0 Å². The van der Waals surface area contributed by atoms with E-state index in [4.69, 9.17) is 9.84 Å². The van der Waals surface area contributed by atoms with Crippen molar-refractivity contribution < 1.29 is 14.6 Å². The average molecular weight is 332 g/mol. The molecule has 0 aromatic carbocycles. The van der Waals surface area contributed by atoms with Crippen molar-refractivity contribution in [1.82, 2.24) is 0 Å². The van der Waals surface area contributed by atoms with Gasteiger partial charge in [0.25, 0.3) is 0 Å². The zero-order chi connectivity index (χ0) is 17.2. The van der Waals surface area contributed by atoms with Crippen molar-refractivity contribution in [2.24, 2.45) is 11.8 Å². The minimum absolute atomic E-state index is 0.183. The predicted octanol–water partition coefficient (Wildman–Crippen LogP) is 5.28. The molecule has 2 fully saturated rings. The molecule has 1 saturated carbocycles. The van der Waals surface area contributed by atoms with Crippen molar-refractivity contribution in [3.05, 3.63) is 36.5 Å². The molecular weight excluding hydrogens is 300 g/mol. The van der Waals surface area contributed by atoms with E-state index in [9.17, 15) is 4.79 Å². The average Bonchev–Trinajstić information content (AvgIpc) is 3.45. The maximum Gasteiger partial charge on any atom is 0.303 e. The first kappa shape index (κ1) is 19.0. The molecular formula is C21H32O3. The quantitative estimate of drug-likeness (QED) is 0.283. The topological polar surface area (TPSA) is 49.8 Å². The SMILES string of the molecule is CCCCCC1CC1CC=CC=CC=CC1OC1CCCC(=O)O. The number of carbonyl (C=O) groups is 1. The number of hydrogen-bond donors (Lipinski definition) is 1. The summed E-state index contributed by atoms with van der Waals surface area (Å²) in [5.74, 6) is 1.21. The van der Waals surface area contributed by atoms with Crippen molar-refractivity contribution in [2.75, 3.05) is 0 Å². The van der Waals surface area contributed by atoms with E-state index in [1.165, 1.54) is 38.5 Å². The first-order valence-electron chi connectivity index (χ1n) is 9.58. The molecule has 4 atom stereocenters. The fourth-order valence-corrected chi connectivity index (χ4v) is 3.26. The van der Waals surface area contributed by atoms with E-state index in [0.29, 0.717) is 6.42 Å². The second-order valence-corrected chi connectivity index (χ2v) is 7.11. The van der Waals surface area contributed by atoms with E-state index >= 15 is 0 Å². The first-order chi connectivity index (χ1) is 11.7. The van der Waals surface area contributed by atoms with Gasteiger partial charge in [0.2, 0.25) is 0 Å². The summed E-state index contributed by atoms with van der Waals surface area (Å²) in [7, 11) is 0. The maximum absolute atomic E-state index is 10.4. The molecule has 0 amide bonds. The Balaban J connectivity index is 1.46. The lowest BCUT2D eigenvalue weighted by molar-refractivity contribution is -0.137. The van der Waals surface area contributed by atoms with Gasteiger partial charge in [-0.25, -0.2) is 0 Å². The largest absolute Gasteiger partial charge is 0.481 e. The van der Waals surface area contributed by atoms with Gasteiger partial charge in [0.1, 0.15) is 6.10 Å².